The second kappa shape index (κ2) is 39.4. The van der Waals surface area contributed by atoms with Crippen molar-refractivity contribution in [2.75, 3.05) is 66.1 Å². The Hall–Kier alpha value is -2.04. The van der Waals surface area contributed by atoms with Crippen molar-refractivity contribution in [1.29, 1.82) is 0 Å². The highest BCUT2D eigenvalue weighted by Gasteiger charge is 2.62. The maximum absolute atomic E-state index is 11.9. The van der Waals surface area contributed by atoms with Gasteiger partial charge in [-0.2, -0.15) is 0 Å². The molecule has 0 bridgehead atoms. The van der Waals surface area contributed by atoms with Crippen molar-refractivity contribution in [1.82, 2.24) is 0 Å². The van der Waals surface area contributed by atoms with E-state index in [1.54, 1.807) is 0 Å². The largest absolute Gasteiger partial charge is 0.394 e. The van der Waals surface area contributed by atoms with Crippen molar-refractivity contribution in [3.05, 3.63) is 0 Å². The molecule has 1 unspecified atom stereocenters. The fourth-order valence-corrected chi connectivity index (χ4v) is 14.4. The van der Waals surface area contributed by atoms with Gasteiger partial charge in [0.1, 0.15) is 244 Å². The van der Waals surface area contributed by atoms with Crippen LogP contribution in [0.2, 0.25) is 0 Å². The first-order chi connectivity index (χ1) is 52.7. The Morgan fingerprint density at radius 1 is 0.135 bits per heavy atom. The van der Waals surface area contributed by atoms with E-state index in [1.165, 1.54) is 0 Å². The Balaban J connectivity index is 0.813. The first kappa shape index (κ1) is 91.3. The minimum atomic E-state index is -2.46. The van der Waals surface area contributed by atoms with Crippen LogP contribution in [0.3, 0.4) is 0 Å². The summed E-state index contributed by atoms with van der Waals surface area (Å²) in [5.74, 6) is 0. The second-order valence-corrected chi connectivity index (χ2v) is 28.0. The van der Waals surface area contributed by atoms with Gasteiger partial charge in [0.25, 0.3) is 0 Å². The number of ether oxygens (including phenoxy) is 19. The summed E-state index contributed by atoms with van der Waals surface area (Å²) in [6.45, 7) is -10.9. The van der Waals surface area contributed by atoms with Gasteiger partial charge in [0.2, 0.25) is 0 Å². The molecule has 50 atom stereocenters. The van der Waals surface area contributed by atoms with Gasteiger partial charge in [-0.15, -0.1) is 0 Å². The molecule has 0 spiro atoms. The average Bonchev–Trinajstić information content (AvgIpc) is 0.769. The van der Waals surface area contributed by atoms with E-state index in [0.717, 1.165) is 0 Å². The van der Waals surface area contributed by atoms with Gasteiger partial charge < -0.3 is 253 Å². The minimum Gasteiger partial charge on any atom is -0.394 e. The van der Waals surface area contributed by atoms with Gasteiger partial charge in [-0.05, 0) is 0 Å². The third-order valence-electron chi connectivity index (χ3n) is 20.9. The van der Waals surface area contributed by atoms with Crippen LogP contribution in [-0.2, 0) is 90.0 Å². The van der Waals surface area contributed by atoms with E-state index >= 15 is 0 Å². The molecule has 648 valence electrons. The summed E-state index contributed by atoms with van der Waals surface area (Å²) in [4.78, 5) is 0. The van der Waals surface area contributed by atoms with Gasteiger partial charge in [0.15, 0.2) is 62.9 Å². The normalized spacial score (nSPS) is 53.7. The van der Waals surface area contributed by atoms with E-state index in [4.69, 9.17) is 90.0 Å². The van der Waals surface area contributed by atoms with Crippen molar-refractivity contribution in [3.63, 3.8) is 0 Å². The highest BCUT2D eigenvalue weighted by molar-refractivity contribution is 5.04. The van der Waals surface area contributed by atoms with Crippen molar-refractivity contribution < 1.29 is 253 Å². The summed E-state index contributed by atoms with van der Waals surface area (Å²) in [5, 5.41) is 350. The summed E-state index contributed by atoms with van der Waals surface area (Å²) < 4.78 is 107. The molecule has 0 aromatic carbocycles. The molecule has 10 aliphatic rings. The zero-order chi connectivity index (χ0) is 81.4. The number of aliphatic hydroxyl groups excluding tert-OH is 32. The lowest BCUT2D eigenvalue weighted by Crippen LogP contribution is -2.69. The molecular formula is C60H102O51. The van der Waals surface area contributed by atoms with Crippen LogP contribution in [0.1, 0.15) is 0 Å². The van der Waals surface area contributed by atoms with Gasteiger partial charge >= 0.3 is 0 Å². The molecule has 0 radical (unpaired) electrons. The fourth-order valence-electron chi connectivity index (χ4n) is 14.4. The summed E-state index contributed by atoms with van der Waals surface area (Å²) in [6, 6.07) is 0. The first-order valence-corrected chi connectivity index (χ1v) is 35.2. The van der Waals surface area contributed by atoms with E-state index in [1.807, 2.05) is 0 Å². The summed E-state index contributed by atoms with van der Waals surface area (Å²) in [6.07, 6.45) is -106. The zero-order valence-electron chi connectivity index (χ0n) is 58.0. The standard InChI is InChI=1S/C60H102O51/c61-1-11-21(71)31(81)32(82)52(94-11)104-43-23(73)13(3-63)96-54(34(43)84)106-45-25(75)15(5-65)98-56(36(45)86)108-47-27(77)17(7-67)100-58(38(47)88)110-49-29(79)19(9-69)102-60(40(49)90)111-50-30(80)20(10-70)101-59(41(50)91)109-48-28(78)18(8-68)99-57(39(48)89)107-46-26(76)16(6-66)97-55(37(46)87)105-44-24(74)14(4-64)95-53(35(44)85)103-42-22(72)12(2-62)93-51(92)33(42)83/h11-92H,1-10H2/t11-,12-,13-,14-,15-,16-,17-,18-,19-,20-,21-,22-,23-,24-,25-,26-,27-,28-,29-,30-,31+,32-,33+,34-,35-,36-,37-,38-,39-,40-,41-,42+,43+,44+,45+,46+,47+,48+,49+,50+,51?,52-,53-,54-,55-,56-,57-,58-,59-,60-/m1/s1. The smallest absolute Gasteiger partial charge is 0.187 e. The van der Waals surface area contributed by atoms with Crippen molar-refractivity contribution in [3.8, 4) is 0 Å². The maximum Gasteiger partial charge on any atom is 0.187 e. The summed E-state index contributed by atoms with van der Waals surface area (Å²) in [7, 11) is 0. The molecule has 0 aromatic heterocycles. The third-order valence-corrected chi connectivity index (χ3v) is 20.9. The van der Waals surface area contributed by atoms with Crippen LogP contribution < -0.4 is 0 Å². The van der Waals surface area contributed by atoms with Gasteiger partial charge in [-0.25, -0.2) is 0 Å². The third kappa shape index (κ3) is 18.8. The zero-order valence-corrected chi connectivity index (χ0v) is 58.0. The van der Waals surface area contributed by atoms with Gasteiger partial charge in [0, 0.05) is 0 Å². The van der Waals surface area contributed by atoms with Crippen molar-refractivity contribution in [2.45, 2.75) is 307 Å². The molecule has 32 N–H and O–H groups in total. The molecule has 0 aliphatic carbocycles. The molecule has 10 saturated heterocycles. The lowest BCUT2D eigenvalue weighted by atomic mass is 9.94. The highest BCUT2D eigenvalue weighted by Crippen LogP contribution is 2.41. The molecule has 0 aromatic rings. The molecular weight excluding hydrogens is 1540 g/mol. The maximum atomic E-state index is 11.9. The van der Waals surface area contributed by atoms with Crippen molar-refractivity contribution >= 4 is 0 Å². The predicted octanol–water partition coefficient (Wildman–Crippen LogP) is -22.8. The summed E-state index contributed by atoms with van der Waals surface area (Å²) in [5.41, 5.74) is 0. The number of aliphatic hydroxyl groups is 32. The lowest BCUT2D eigenvalue weighted by molar-refractivity contribution is -0.403. The van der Waals surface area contributed by atoms with Crippen LogP contribution in [0.15, 0.2) is 0 Å². The van der Waals surface area contributed by atoms with Gasteiger partial charge in [0.05, 0.1) is 66.1 Å². The summed E-state index contributed by atoms with van der Waals surface area (Å²) >= 11 is 0. The first-order valence-electron chi connectivity index (χ1n) is 35.2. The van der Waals surface area contributed by atoms with Crippen LogP contribution in [0.4, 0.5) is 0 Å². The fraction of sp³-hybridized carbons (Fsp3) is 1.00. The molecule has 111 heavy (non-hydrogen) atoms. The predicted molar refractivity (Wildman–Crippen MR) is 330 cm³/mol. The van der Waals surface area contributed by atoms with Gasteiger partial charge in [-0.3, -0.25) is 0 Å². The lowest BCUT2D eigenvalue weighted by Gasteiger charge is -2.50. The van der Waals surface area contributed by atoms with Crippen LogP contribution in [-0.4, -0.2) is 537 Å². The van der Waals surface area contributed by atoms with Crippen molar-refractivity contribution in [2.24, 2.45) is 0 Å². The Morgan fingerprint density at radius 3 is 0.414 bits per heavy atom. The van der Waals surface area contributed by atoms with E-state index in [2.05, 4.69) is 0 Å². The SMILES string of the molecule is OC[C@H]1O[C@H](O[C@@H]2[C@@H](O)[C@@H](O[C@@H]3[C@@H](O)[C@@H](O[C@@H]4[C@@H](O)[C@@H](O[C@@H]5[C@@H](O)[C@@H](O[C@@H]6[C@@H](O)[C@@H](O[C@@H]7[C@@H](O)[C@@H](O[C@@H]8[C@@H](O)[C@@H](O[C@@H]9[C@@H](O)[C@@H](O[C@H]%10[C@H](O)[C@@H](CO)OC(O)[C@H]%10O)O[C@H](CO)[C@H]9O)O[C@H](CO)[C@H]8O)O[C@H](CO)[C@H]7O)O[C@H](CO)[C@H]6O)O[C@H](CO)[C@H]5O)O[C@H](CO)[C@H]4O)O[C@H](CO)[C@H]3O)O[C@H](CO)[C@H]2O)[C@H](O)[C@@H](O)[C@@H]1O. The van der Waals surface area contributed by atoms with Crippen LogP contribution in [0.25, 0.3) is 0 Å². The Kier molecular flexibility index (Phi) is 32.4. The van der Waals surface area contributed by atoms with Crippen LogP contribution in [0, 0.1) is 0 Å². The molecule has 0 saturated carbocycles. The van der Waals surface area contributed by atoms with Gasteiger partial charge in [-0.1, -0.05) is 0 Å². The quantitative estimate of drug-likeness (QED) is 0.0346. The van der Waals surface area contributed by atoms with Crippen LogP contribution in [0.5, 0.6) is 0 Å². The number of hydrogen-bond donors (Lipinski definition) is 32. The number of rotatable bonds is 28. The van der Waals surface area contributed by atoms with E-state index < -0.39 is 373 Å². The van der Waals surface area contributed by atoms with Crippen LogP contribution >= 0.6 is 0 Å². The Morgan fingerprint density at radius 2 is 0.261 bits per heavy atom. The Bertz CT molecular complexity index is 2790. The minimum absolute atomic E-state index is 0.916. The molecule has 51 heteroatoms. The molecule has 10 fully saturated rings. The highest BCUT2D eigenvalue weighted by atomic mass is 16.8. The molecule has 10 aliphatic heterocycles. The topological polar surface area (TPSA) is 823 Å². The Labute approximate surface area is 625 Å². The second-order valence-electron chi connectivity index (χ2n) is 28.0. The average molecular weight is 1640 g/mol. The molecule has 10 rings (SSSR count). The van der Waals surface area contributed by atoms with E-state index in [9.17, 15) is 163 Å². The molecule has 0 amide bonds. The van der Waals surface area contributed by atoms with E-state index in [0.29, 0.717) is 0 Å². The van der Waals surface area contributed by atoms with E-state index in [-0.39, 0.29) is 0 Å². The number of hydrogen-bond acceptors (Lipinski definition) is 51. The monoisotopic (exact) mass is 1640 g/mol. The molecule has 10 heterocycles. The molecule has 51 nitrogen and oxygen atoms in total.